The van der Waals surface area contributed by atoms with Crippen LogP contribution in [0.4, 0.5) is 0 Å². The van der Waals surface area contributed by atoms with E-state index in [1.165, 1.54) is 16.8 Å². The Kier molecular flexibility index (Phi) is 1.96. The van der Waals surface area contributed by atoms with Gasteiger partial charge in [0.25, 0.3) is 0 Å². The summed E-state index contributed by atoms with van der Waals surface area (Å²) in [6.45, 7) is 0. The average Bonchev–Trinajstić information content (AvgIpc) is 2.58. The van der Waals surface area contributed by atoms with Gasteiger partial charge in [0.2, 0.25) is 0 Å². The molecule has 0 atom stereocenters. The molecule has 4 heteroatoms. The first-order valence-corrected chi connectivity index (χ1v) is 4.91. The highest BCUT2D eigenvalue weighted by atomic mass is 32.2. The van der Waals surface area contributed by atoms with Gasteiger partial charge in [-0.1, -0.05) is 6.07 Å². The molecule has 0 amide bonds. The average molecular weight is 182 g/mol. The van der Waals surface area contributed by atoms with Gasteiger partial charge in [0.1, 0.15) is 5.71 Å². The third-order valence-corrected chi connectivity index (χ3v) is 2.65. The maximum absolute atomic E-state index is 4.13. The van der Waals surface area contributed by atoms with Crippen molar-refractivity contribution >= 4 is 29.0 Å². The molecule has 2 nitrogen and oxygen atoms in total. The van der Waals surface area contributed by atoms with Crippen LogP contribution in [0.25, 0.3) is 0 Å². The van der Waals surface area contributed by atoms with Crippen LogP contribution in [0, 0.1) is 0 Å². The van der Waals surface area contributed by atoms with Crippen LogP contribution in [0.3, 0.4) is 0 Å². The summed E-state index contributed by atoms with van der Waals surface area (Å²) in [6.07, 6.45) is 2.01. The maximum atomic E-state index is 4.13. The lowest BCUT2D eigenvalue weighted by Gasteiger charge is -2.02. The second-order valence-corrected chi connectivity index (χ2v) is 3.62. The van der Waals surface area contributed by atoms with Crippen LogP contribution in [-0.4, -0.2) is 5.71 Å². The first-order chi connectivity index (χ1) is 5.47. The summed E-state index contributed by atoms with van der Waals surface area (Å²) in [5, 5.41) is 8.16. The molecule has 1 aliphatic heterocycles. The molecule has 0 fully saturated rings. The van der Waals surface area contributed by atoms with E-state index in [9.17, 15) is 0 Å². The zero-order chi connectivity index (χ0) is 7.52. The van der Waals surface area contributed by atoms with Crippen LogP contribution >= 0.6 is 23.3 Å². The van der Waals surface area contributed by atoms with Crippen molar-refractivity contribution in [3.05, 3.63) is 33.9 Å². The molecule has 2 heterocycles. The fourth-order valence-electron chi connectivity index (χ4n) is 0.803. The van der Waals surface area contributed by atoms with Crippen LogP contribution in [-0.2, 0) is 0 Å². The normalized spacial score (nSPS) is 15.8. The SMILES string of the molecule is C1=CC(c2cccs2)=NNS1. The smallest absolute Gasteiger partial charge is 0.102 e. The van der Waals surface area contributed by atoms with Crippen LogP contribution < -0.4 is 4.83 Å². The molecule has 0 aromatic carbocycles. The molecule has 1 aromatic rings. The largest absolute Gasteiger partial charge is 0.247 e. The predicted octanol–water partition coefficient (Wildman–Crippen LogP) is 2.22. The first-order valence-electron chi connectivity index (χ1n) is 3.15. The topological polar surface area (TPSA) is 24.4 Å². The molecule has 0 saturated heterocycles. The van der Waals surface area contributed by atoms with Crippen molar-refractivity contribution in [3.63, 3.8) is 0 Å². The van der Waals surface area contributed by atoms with Gasteiger partial charge in [0.15, 0.2) is 0 Å². The minimum Gasteiger partial charge on any atom is -0.247 e. The number of nitrogens with zero attached hydrogens (tertiary/aromatic N) is 1. The summed E-state index contributed by atoms with van der Waals surface area (Å²) in [5.41, 5.74) is 1.01. The van der Waals surface area contributed by atoms with Crippen LogP contribution in [0.1, 0.15) is 4.88 Å². The molecule has 56 valence electrons. The molecular formula is C7H6N2S2. The molecule has 0 bridgehead atoms. The molecule has 2 rings (SSSR count). The number of nitrogens with one attached hydrogen (secondary N) is 1. The number of hydrazone groups is 1. The van der Waals surface area contributed by atoms with Gasteiger partial charge in [-0.25, -0.2) is 4.83 Å². The zero-order valence-electron chi connectivity index (χ0n) is 5.65. The van der Waals surface area contributed by atoms with Crippen molar-refractivity contribution in [2.24, 2.45) is 5.10 Å². The van der Waals surface area contributed by atoms with E-state index < -0.39 is 0 Å². The quantitative estimate of drug-likeness (QED) is 0.673. The highest BCUT2D eigenvalue weighted by Crippen LogP contribution is 2.14. The summed E-state index contributed by atoms with van der Waals surface area (Å²) in [6, 6.07) is 4.09. The van der Waals surface area contributed by atoms with E-state index in [-0.39, 0.29) is 0 Å². The minimum atomic E-state index is 1.01. The van der Waals surface area contributed by atoms with E-state index in [0.717, 1.165) is 5.71 Å². The van der Waals surface area contributed by atoms with E-state index in [1.807, 2.05) is 22.9 Å². The Morgan fingerprint density at radius 2 is 2.45 bits per heavy atom. The standard InChI is InChI=1S/C7H6N2S2/c1-2-7(10-4-1)6-3-5-11-9-8-6/h1-5,9H. The Morgan fingerprint density at radius 1 is 1.45 bits per heavy atom. The Hall–Kier alpha value is -0.740. The highest BCUT2D eigenvalue weighted by molar-refractivity contribution is 8.00. The zero-order valence-corrected chi connectivity index (χ0v) is 7.28. The fraction of sp³-hybridized carbons (Fsp3) is 0. The second-order valence-electron chi connectivity index (χ2n) is 1.99. The molecule has 1 aliphatic rings. The number of thiophene rings is 1. The van der Waals surface area contributed by atoms with E-state index in [2.05, 4.69) is 16.0 Å². The summed E-state index contributed by atoms with van der Waals surface area (Å²) in [4.78, 5) is 4.05. The van der Waals surface area contributed by atoms with Gasteiger partial charge in [-0.15, -0.1) is 11.3 Å². The molecule has 1 N–H and O–H groups in total. The lowest BCUT2D eigenvalue weighted by atomic mass is 10.3. The van der Waals surface area contributed by atoms with E-state index in [4.69, 9.17) is 0 Å². The highest BCUT2D eigenvalue weighted by Gasteiger charge is 2.02. The molecule has 0 spiro atoms. The second kappa shape index (κ2) is 3.11. The number of allylic oxidation sites excluding steroid dienone is 1. The van der Waals surface area contributed by atoms with Crippen LogP contribution in [0.2, 0.25) is 0 Å². The van der Waals surface area contributed by atoms with Crippen molar-refractivity contribution in [2.75, 3.05) is 0 Å². The molecule has 0 unspecified atom stereocenters. The fourth-order valence-corrected chi connectivity index (χ4v) is 1.91. The number of hydrogen-bond donors (Lipinski definition) is 1. The molecule has 11 heavy (non-hydrogen) atoms. The van der Waals surface area contributed by atoms with Crippen molar-refractivity contribution in [3.8, 4) is 0 Å². The summed E-state index contributed by atoms with van der Waals surface area (Å²) >= 11 is 3.18. The third kappa shape index (κ3) is 1.46. The number of rotatable bonds is 1. The van der Waals surface area contributed by atoms with E-state index in [1.54, 1.807) is 11.3 Å². The van der Waals surface area contributed by atoms with Crippen LogP contribution in [0.5, 0.6) is 0 Å². The van der Waals surface area contributed by atoms with Gasteiger partial charge >= 0.3 is 0 Å². The Morgan fingerprint density at radius 3 is 3.09 bits per heavy atom. The van der Waals surface area contributed by atoms with Gasteiger partial charge < -0.3 is 0 Å². The van der Waals surface area contributed by atoms with Gasteiger partial charge in [0.05, 0.1) is 4.88 Å². The van der Waals surface area contributed by atoms with Crippen molar-refractivity contribution < 1.29 is 0 Å². The Balaban J connectivity index is 2.29. The molecular weight excluding hydrogens is 176 g/mol. The van der Waals surface area contributed by atoms with E-state index in [0.29, 0.717) is 0 Å². The Labute approximate surface area is 73.1 Å². The minimum absolute atomic E-state index is 1.01. The van der Waals surface area contributed by atoms with Gasteiger partial charge in [0, 0.05) is 0 Å². The summed E-state index contributed by atoms with van der Waals surface area (Å²) in [7, 11) is 0. The number of hydrogen-bond acceptors (Lipinski definition) is 4. The summed E-state index contributed by atoms with van der Waals surface area (Å²) < 4.78 is 0. The van der Waals surface area contributed by atoms with Gasteiger partial charge in [-0.3, -0.25) is 0 Å². The molecule has 0 saturated carbocycles. The van der Waals surface area contributed by atoms with Crippen molar-refractivity contribution in [1.82, 2.24) is 4.83 Å². The molecule has 0 aliphatic carbocycles. The van der Waals surface area contributed by atoms with Crippen LogP contribution in [0.15, 0.2) is 34.1 Å². The summed E-state index contributed by atoms with van der Waals surface area (Å²) in [5.74, 6) is 0. The first kappa shape index (κ1) is 6.94. The predicted molar refractivity (Wildman–Crippen MR) is 50.7 cm³/mol. The Bertz CT molecular complexity index is 287. The monoisotopic (exact) mass is 182 g/mol. The molecule has 1 aromatic heterocycles. The third-order valence-electron chi connectivity index (χ3n) is 1.29. The van der Waals surface area contributed by atoms with E-state index >= 15 is 0 Å². The van der Waals surface area contributed by atoms with Crippen molar-refractivity contribution in [2.45, 2.75) is 0 Å². The van der Waals surface area contributed by atoms with Gasteiger partial charge in [-0.05, 0) is 34.9 Å². The molecule has 0 radical (unpaired) electrons. The maximum Gasteiger partial charge on any atom is 0.102 e. The lowest BCUT2D eigenvalue weighted by molar-refractivity contribution is 1.12. The van der Waals surface area contributed by atoms with Crippen molar-refractivity contribution in [1.29, 1.82) is 0 Å². The lowest BCUT2D eigenvalue weighted by Crippen LogP contribution is -2.04. The van der Waals surface area contributed by atoms with Gasteiger partial charge in [-0.2, -0.15) is 5.10 Å².